The average Bonchev–Trinajstić information content (AvgIpc) is 3.34. The molecule has 2 fully saturated rings. The number of fused-ring (bicyclic) bond motifs is 1. The minimum absolute atomic E-state index is 0.0578. The minimum atomic E-state index is -0.690. The van der Waals surface area contributed by atoms with Gasteiger partial charge in [-0.15, -0.1) is 0 Å². The van der Waals surface area contributed by atoms with Gasteiger partial charge in [-0.1, -0.05) is 36.9 Å². The fraction of sp³-hybridized carbons (Fsp3) is 0.292. The number of H-pyrrole nitrogens is 1. The van der Waals surface area contributed by atoms with Crippen molar-refractivity contribution in [1.82, 2.24) is 14.8 Å². The van der Waals surface area contributed by atoms with E-state index in [4.69, 9.17) is 0 Å². The van der Waals surface area contributed by atoms with Gasteiger partial charge in [0.25, 0.3) is 5.91 Å². The van der Waals surface area contributed by atoms with Crippen LogP contribution in [-0.4, -0.2) is 57.6 Å². The molecule has 29 heavy (non-hydrogen) atoms. The summed E-state index contributed by atoms with van der Waals surface area (Å²) in [5.74, 6) is 0.0578. The third-order valence-corrected chi connectivity index (χ3v) is 6.20. The van der Waals surface area contributed by atoms with Crippen LogP contribution in [0, 0.1) is 0 Å². The van der Waals surface area contributed by atoms with Crippen molar-refractivity contribution in [3.8, 4) is 22.5 Å². The zero-order valence-corrected chi connectivity index (χ0v) is 16.4. The molecule has 1 amide bonds. The van der Waals surface area contributed by atoms with Gasteiger partial charge in [-0.25, -0.2) is 0 Å². The van der Waals surface area contributed by atoms with E-state index < -0.39 is 5.60 Å². The number of nitrogens with zero attached hydrogens (tertiary/aromatic N) is 2. The summed E-state index contributed by atoms with van der Waals surface area (Å²) in [6.07, 6.45) is 1.60. The Bertz CT molecular complexity index is 1020. The molecular weight excluding hydrogens is 362 g/mol. The number of amides is 1. The Kier molecular flexibility index (Phi) is 4.21. The molecule has 0 radical (unpaired) electrons. The van der Waals surface area contributed by atoms with Crippen LogP contribution in [-0.2, 0) is 0 Å². The number of benzene rings is 1. The van der Waals surface area contributed by atoms with Gasteiger partial charge in [-0.05, 0) is 48.2 Å². The number of hydrogen-bond acceptors (Lipinski definition) is 3. The summed E-state index contributed by atoms with van der Waals surface area (Å²) in [6, 6.07) is 18.1. The van der Waals surface area contributed by atoms with Crippen molar-refractivity contribution in [2.24, 2.45) is 0 Å². The SMILES string of the molecule is C=C(N1CCN(C(=O)c2ccc(-c3ccc4cccc-4[nH]3)cc2)CC1)C1(O)CC1. The number of rotatable bonds is 4. The molecule has 2 N–H and O–H groups in total. The molecule has 1 aromatic rings. The zero-order valence-electron chi connectivity index (χ0n) is 16.4. The van der Waals surface area contributed by atoms with Gasteiger partial charge in [-0.3, -0.25) is 4.79 Å². The lowest BCUT2D eigenvalue weighted by molar-refractivity contribution is 0.0622. The van der Waals surface area contributed by atoms with Crippen LogP contribution in [0.15, 0.2) is 66.9 Å². The van der Waals surface area contributed by atoms with E-state index in [1.54, 1.807) is 0 Å². The summed E-state index contributed by atoms with van der Waals surface area (Å²) in [5.41, 5.74) is 5.22. The summed E-state index contributed by atoms with van der Waals surface area (Å²) >= 11 is 0. The number of carbonyl (C=O) groups excluding carboxylic acids is 1. The second-order valence-electron chi connectivity index (χ2n) is 8.10. The normalized spacial score (nSPS) is 18.1. The fourth-order valence-electron chi connectivity index (χ4n) is 4.08. The molecule has 0 spiro atoms. The van der Waals surface area contributed by atoms with Crippen LogP contribution in [0.4, 0.5) is 0 Å². The van der Waals surface area contributed by atoms with Crippen LogP contribution in [0.5, 0.6) is 0 Å². The highest BCUT2D eigenvalue weighted by molar-refractivity contribution is 5.94. The highest BCUT2D eigenvalue weighted by Crippen LogP contribution is 2.42. The predicted molar refractivity (Wildman–Crippen MR) is 114 cm³/mol. The highest BCUT2D eigenvalue weighted by Gasteiger charge is 2.45. The lowest BCUT2D eigenvalue weighted by Crippen LogP contribution is -2.49. The van der Waals surface area contributed by atoms with E-state index >= 15 is 0 Å². The number of aromatic amines is 1. The number of piperazine rings is 1. The Balaban J connectivity index is 1.25. The van der Waals surface area contributed by atoms with Crippen molar-refractivity contribution < 1.29 is 9.90 Å². The average molecular weight is 387 g/mol. The predicted octanol–water partition coefficient (Wildman–Crippen LogP) is 3.58. The molecule has 5 nitrogen and oxygen atoms in total. The zero-order chi connectivity index (χ0) is 20.0. The molecule has 4 aliphatic rings. The van der Waals surface area contributed by atoms with Gasteiger partial charge in [0.15, 0.2) is 0 Å². The van der Waals surface area contributed by atoms with Gasteiger partial charge in [-0.2, -0.15) is 0 Å². The van der Waals surface area contributed by atoms with Gasteiger partial charge in [0.05, 0.1) is 0 Å². The molecule has 1 saturated heterocycles. The number of carbonyl (C=O) groups is 1. The Labute approximate surface area is 170 Å². The lowest BCUT2D eigenvalue weighted by atomic mass is 10.1. The van der Waals surface area contributed by atoms with Crippen LogP contribution in [0.2, 0.25) is 0 Å². The molecule has 5 rings (SSSR count). The molecule has 2 heterocycles. The van der Waals surface area contributed by atoms with E-state index in [-0.39, 0.29) is 5.91 Å². The van der Waals surface area contributed by atoms with Crippen molar-refractivity contribution in [2.45, 2.75) is 18.4 Å². The standard InChI is InChI=1S/C24H25N3O2/c1-17(24(29)11-12-24)26-13-15-27(16-14-26)23(28)20-7-5-19(6-8-20)22-10-9-18-3-2-4-21(18)25-22/h2-10,25,29H,1,11-16H2. The number of hydrogen-bond donors (Lipinski definition) is 2. The first kappa shape index (κ1) is 18.0. The quantitative estimate of drug-likeness (QED) is 0.719. The van der Waals surface area contributed by atoms with E-state index in [0.29, 0.717) is 18.7 Å². The van der Waals surface area contributed by atoms with Gasteiger partial charge >= 0.3 is 0 Å². The van der Waals surface area contributed by atoms with Gasteiger partial charge in [0.2, 0.25) is 0 Å². The lowest BCUT2D eigenvalue weighted by Gasteiger charge is -2.38. The van der Waals surface area contributed by atoms with Crippen molar-refractivity contribution in [3.05, 3.63) is 72.4 Å². The van der Waals surface area contributed by atoms with E-state index in [1.807, 2.05) is 35.2 Å². The summed E-state index contributed by atoms with van der Waals surface area (Å²) in [6.45, 7) is 6.81. The molecule has 0 aromatic heterocycles. The van der Waals surface area contributed by atoms with Crippen molar-refractivity contribution in [1.29, 1.82) is 0 Å². The number of aromatic nitrogens is 1. The van der Waals surface area contributed by atoms with Crippen molar-refractivity contribution >= 4 is 5.91 Å². The van der Waals surface area contributed by atoms with Crippen molar-refractivity contribution in [3.63, 3.8) is 0 Å². The Morgan fingerprint density at radius 1 is 0.862 bits per heavy atom. The highest BCUT2D eigenvalue weighted by atomic mass is 16.3. The van der Waals surface area contributed by atoms with Crippen molar-refractivity contribution in [2.75, 3.05) is 26.2 Å². The largest absolute Gasteiger partial charge is 0.384 e. The molecule has 1 aromatic carbocycles. The first-order chi connectivity index (χ1) is 14.0. The molecule has 148 valence electrons. The molecule has 0 atom stereocenters. The maximum absolute atomic E-state index is 12.9. The molecule has 0 unspecified atom stereocenters. The number of aliphatic hydroxyl groups is 1. The molecular formula is C24H25N3O2. The van der Waals surface area contributed by atoms with Gasteiger partial charge in [0, 0.05) is 48.8 Å². The molecule has 2 aliphatic carbocycles. The number of nitrogens with one attached hydrogen (secondary N) is 1. The fourth-order valence-corrected chi connectivity index (χ4v) is 4.08. The Hall–Kier alpha value is -3.05. The Morgan fingerprint density at radius 2 is 1.45 bits per heavy atom. The van der Waals surface area contributed by atoms with E-state index in [2.05, 4.69) is 40.7 Å². The van der Waals surface area contributed by atoms with E-state index in [0.717, 1.165) is 48.6 Å². The van der Waals surface area contributed by atoms with E-state index in [1.165, 1.54) is 5.56 Å². The summed E-state index contributed by atoms with van der Waals surface area (Å²) < 4.78 is 0. The minimum Gasteiger partial charge on any atom is -0.384 e. The molecule has 5 heteroatoms. The topological polar surface area (TPSA) is 59.6 Å². The molecule has 2 aliphatic heterocycles. The second-order valence-corrected chi connectivity index (χ2v) is 8.10. The van der Waals surface area contributed by atoms with E-state index in [9.17, 15) is 9.90 Å². The summed E-state index contributed by atoms with van der Waals surface area (Å²) in [7, 11) is 0. The summed E-state index contributed by atoms with van der Waals surface area (Å²) in [5, 5.41) is 10.2. The third-order valence-electron chi connectivity index (χ3n) is 6.20. The van der Waals surface area contributed by atoms with Crippen LogP contribution < -0.4 is 0 Å². The van der Waals surface area contributed by atoms with Crippen LogP contribution in [0.1, 0.15) is 23.2 Å². The molecule has 0 bridgehead atoms. The van der Waals surface area contributed by atoms with Crippen LogP contribution in [0.3, 0.4) is 0 Å². The third kappa shape index (κ3) is 3.32. The Morgan fingerprint density at radius 3 is 2.14 bits per heavy atom. The van der Waals surface area contributed by atoms with Crippen LogP contribution >= 0.6 is 0 Å². The summed E-state index contributed by atoms with van der Waals surface area (Å²) in [4.78, 5) is 20.3. The number of pyridine rings is 1. The first-order valence-electron chi connectivity index (χ1n) is 10.2. The second kappa shape index (κ2) is 6.78. The smallest absolute Gasteiger partial charge is 0.253 e. The van der Waals surface area contributed by atoms with Crippen LogP contribution in [0.25, 0.3) is 22.5 Å². The van der Waals surface area contributed by atoms with Gasteiger partial charge < -0.3 is 19.9 Å². The first-order valence-corrected chi connectivity index (χ1v) is 10.2. The van der Waals surface area contributed by atoms with Gasteiger partial charge in [0.1, 0.15) is 5.60 Å². The maximum Gasteiger partial charge on any atom is 0.253 e. The maximum atomic E-state index is 12.9. The molecule has 1 saturated carbocycles. The monoisotopic (exact) mass is 387 g/mol.